The second-order valence-corrected chi connectivity index (χ2v) is 4.70. The van der Waals surface area contributed by atoms with E-state index in [4.69, 9.17) is 0 Å². The quantitative estimate of drug-likeness (QED) is 0.848. The lowest BCUT2D eigenvalue weighted by atomic mass is 10.1. The zero-order chi connectivity index (χ0) is 14.8. The van der Waals surface area contributed by atoms with Crippen LogP contribution >= 0.6 is 0 Å². The molecule has 4 nitrogen and oxygen atoms in total. The minimum Gasteiger partial charge on any atom is -0.307 e. The van der Waals surface area contributed by atoms with Gasteiger partial charge in [-0.2, -0.15) is 0 Å². The standard InChI is InChI=1S/C17H14N2O2/c1-2-19-14-11-7-6-10-13(14)15(17(19)21)18-16(20)12-8-4-3-5-9-12/h3-11H,2H2,1H3/b18-15+. The van der Waals surface area contributed by atoms with E-state index in [1.807, 2.05) is 37.3 Å². The Morgan fingerprint density at radius 1 is 1.05 bits per heavy atom. The number of hydrogen-bond donors (Lipinski definition) is 0. The van der Waals surface area contributed by atoms with Crippen molar-refractivity contribution >= 4 is 23.2 Å². The van der Waals surface area contributed by atoms with E-state index < -0.39 is 5.91 Å². The second-order valence-electron chi connectivity index (χ2n) is 4.70. The fourth-order valence-electron chi connectivity index (χ4n) is 2.43. The third-order valence-electron chi connectivity index (χ3n) is 3.45. The van der Waals surface area contributed by atoms with Crippen LogP contribution in [0.3, 0.4) is 0 Å². The predicted octanol–water partition coefficient (Wildman–Crippen LogP) is 2.68. The molecule has 21 heavy (non-hydrogen) atoms. The molecular formula is C17H14N2O2. The van der Waals surface area contributed by atoms with Crippen molar-refractivity contribution in [2.24, 2.45) is 4.99 Å². The molecule has 1 aliphatic heterocycles. The Morgan fingerprint density at radius 3 is 2.43 bits per heavy atom. The van der Waals surface area contributed by atoms with E-state index in [0.717, 1.165) is 5.69 Å². The molecular weight excluding hydrogens is 264 g/mol. The van der Waals surface area contributed by atoms with Crippen LogP contribution in [-0.4, -0.2) is 24.1 Å². The molecule has 3 rings (SSSR count). The third-order valence-corrected chi connectivity index (χ3v) is 3.45. The van der Waals surface area contributed by atoms with Gasteiger partial charge in [0.05, 0.1) is 5.69 Å². The van der Waals surface area contributed by atoms with Gasteiger partial charge in [0.15, 0.2) is 0 Å². The van der Waals surface area contributed by atoms with E-state index in [1.165, 1.54) is 0 Å². The lowest BCUT2D eigenvalue weighted by molar-refractivity contribution is -0.112. The summed E-state index contributed by atoms with van der Waals surface area (Å²) in [5.74, 6) is -0.616. The number of carbonyl (C=O) groups excluding carboxylic acids is 2. The average Bonchev–Trinajstić information content (AvgIpc) is 2.80. The number of likely N-dealkylation sites (N-methyl/N-ethyl adjacent to an activating group) is 1. The van der Waals surface area contributed by atoms with Crippen LogP contribution in [0.15, 0.2) is 59.6 Å². The van der Waals surface area contributed by atoms with Gasteiger partial charge >= 0.3 is 0 Å². The van der Waals surface area contributed by atoms with Crippen LogP contribution in [0.25, 0.3) is 0 Å². The van der Waals surface area contributed by atoms with Crippen LogP contribution < -0.4 is 4.90 Å². The number of hydrogen-bond acceptors (Lipinski definition) is 2. The van der Waals surface area contributed by atoms with Gasteiger partial charge in [-0.1, -0.05) is 36.4 Å². The van der Waals surface area contributed by atoms with Crippen molar-refractivity contribution in [3.05, 3.63) is 65.7 Å². The summed E-state index contributed by atoms with van der Waals surface area (Å²) < 4.78 is 0. The van der Waals surface area contributed by atoms with E-state index in [1.54, 1.807) is 29.2 Å². The molecule has 1 heterocycles. The molecule has 0 spiro atoms. The van der Waals surface area contributed by atoms with Gasteiger partial charge < -0.3 is 4.90 Å². The fraction of sp³-hybridized carbons (Fsp3) is 0.118. The van der Waals surface area contributed by atoms with Gasteiger partial charge in [-0.15, -0.1) is 0 Å². The van der Waals surface area contributed by atoms with Crippen molar-refractivity contribution < 1.29 is 9.59 Å². The monoisotopic (exact) mass is 278 g/mol. The Hall–Kier alpha value is -2.75. The number of para-hydroxylation sites is 1. The Morgan fingerprint density at radius 2 is 1.71 bits per heavy atom. The number of rotatable bonds is 2. The number of carbonyl (C=O) groups is 2. The highest BCUT2D eigenvalue weighted by Crippen LogP contribution is 2.28. The second kappa shape index (κ2) is 5.32. The van der Waals surface area contributed by atoms with E-state index in [9.17, 15) is 9.59 Å². The zero-order valence-corrected chi connectivity index (χ0v) is 11.6. The van der Waals surface area contributed by atoms with Crippen molar-refractivity contribution in [2.45, 2.75) is 6.92 Å². The van der Waals surface area contributed by atoms with Crippen LogP contribution in [0.1, 0.15) is 22.8 Å². The lowest BCUT2D eigenvalue weighted by Gasteiger charge is -2.12. The molecule has 0 aromatic heterocycles. The molecule has 2 aromatic carbocycles. The molecule has 0 atom stereocenters. The number of anilines is 1. The van der Waals surface area contributed by atoms with Crippen LogP contribution in [0.5, 0.6) is 0 Å². The molecule has 2 amide bonds. The largest absolute Gasteiger partial charge is 0.307 e. The molecule has 2 aromatic rings. The maximum atomic E-state index is 12.4. The van der Waals surface area contributed by atoms with Crippen molar-refractivity contribution in [1.29, 1.82) is 0 Å². The summed E-state index contributed by atoms with van der Waals surface area (Å²) >= 11 is 0. The van der Waals surface area contributed by atoms with Crippen LogP contribution in [-0.2, 0) is 4.79 Å². The van der Waals surface area contributed by atoms with Gasteiger partial charge in [0.25, 0.3) is 11.8 Å². The van der Waals surface area contributed by atoms with E-state index in [2.05, 4.69) is 4.99 Å². The summed E-state index contributed by atoms with van der Waals surface area (Å²) in [6, 6.07) is 16.2. The van der Waals surface area contributed by atoms with Crippen LogP contribution in [0, 0.1) is 0 Å². The van der Waals surface area contributed by atoms with Crippen molar-refractivity contribution in [1.82, 2.24) is 0 Å². The van der Waals surface area contributed by atoms with Gasteiger partial charge in [0.1, 0.15) is 5.71 Å². The molecule has 0 saturated carbocycles. The maximum absolute atomic E-state index is 12.4. The molecule has 4 heteroatoms. The van der Waals surface area contributed by atoms with Crippen molar-refractivity contribution in [3.8, 4) is 0 Å². The Labute approximate surface area is 122 Å². The number of benzene rings is 2. The fourth-order valence-corrected chi connectivity index (χ4v) is 2.43. The molecule has 0 aliphatic carbocycles. The highest BCUT2D eigenvalue weighted by molar-refractivity contribution is 6.55. The SMILES string of the molecule is CCN1C(=O)/C(=N/C(=O)c2ccccc2)c2ccccc21. The number of aliphatic imine (C=N–C) groups is 1. The van der Waals surface area contributed by atoms with Gasteiger partial charge in [0.2, 0.25) is 0 Å². The highest BCUT2D eigenvalue weighted by atomic mass is 16.2. The first-order valence-corrected chi connectivity index (χ1v) is 6.81. The van der Waals surface area contributed by atoms with Gasteiger partial charge in [-0.3, -0.25) is 9.59 Å². The maximum Gasteiger partial charge on any atom is 0.277 e. The number of amides is 2. The Kier molecular flexibility index (Phi) is 3.36. The Bertz CT molecular complexity index is 735. The minimum atomic E-state index is -0.397. The molecule has 0 unspecified atom stereocenters. The summed E-state index contributed by atoms with van der Waals surface area (Å²) in [4.78, 5) is 30.3. The van der Waals surface area contributed by atoms with Gasteiger partial charge in [-0.25, -0.2) is 4.99 Å². The van der Waals surface area contributed by atoms with Crippen LogP contribution in [0.4, 0.5) is 5.69 Å². The van der Waals surface area contributed by atoms with E-state index in [0.29, 0.717) is 17.7 Å². The molecule has 0 N–H and O–H groups in total. The topological polar surface area (TPSA) is 49.7 Å². The lowest BCUT2D eigenvalue weighted by Crippen LogP contribution is -2.30. The van der Waals surface area contributed by atoms with E-state index >= 15 is 0 Å². The van der Waals surface area contributed by atoms with Crippen molar-refractivity contribution in [2.75, 3.05) is 11.4 Å². The van der Waals surface area contributed by atoms with Gasteiger partial charge in [0, 0.05) is 17.7 Å². The third kappa shape index (κ3) is 2.25. The first-order valence-electron chi connectivity index (χ1n) is 6.81. The molecule has 0 bridgehead atoms. The van der Waals surface area contributed by atoms with Gasteiger partial charge in [-0.05, 0) is 25.1 Å². The average molecular weight is 278 g/mol. The normalized spacial score (nSPS) is 15.4. The summed E-state index contributed by atoms with van der Waals surface area (Å²) in [7, 11) is 0. The first kappa shape index (κ1) is 13.2. The number of nitrogens with zero attached hydrogens (tertiary/aromatic N) is 2. The summed E-state index contributed by atoms with van der Waals surface area (Å²) in [5, 5.41) is 0. The zero-order valence-electron chi connectivity index (χ0n) is 11.6. The van der Waals surface area contributed by atoms with E-state index in [-0.39, 0.29) is 11.6 Å². The van der Waals surface area contributed by atoms with Crippen LogP contribution in [0.2, 0.25) is 0 Å². The molecule has 0 radical (unpaired) electrons. The summed E-state index contributed by atoms with van der Waals surface area (Å²) in [6.07, 6.45) is 0. The molecule has 1 aliphatic rings. The minimum absolute atomic E-state index is 0.219. The number of fused-ring (bicyclic) bond motifs is 1. The summed E-state index contributed by atoms with van der Waals surface area (Å²) in [5.41, 5.74) is 2.23. The smallest absolute Gasteiger partial charge is 0.277 e. The molecule has 0 fully saturated rings. The van der Waals surface area contributed by atoms with Crippen molar-refractivity contribution in [3.63, 3.8) is 0 Å². The summed E-state index contributed by atoms with van der Waals surface area (Å²) in [6.45, 7) is 2.45. The first-order chi connectivity index (χ1) is 10.2. The predicted molar refractivity (Wildman–Crippen MR) is 81.8 cm³/mol. The Balaban J connectivity index is 2.05. The molecule has 104 valence electrons. The molecule has 0 saturated heterocycles. The highest BCUT2D eigenvalue weighted by Gasteiger charge is 2.33.